The second kappa shape index (κ2) is 8.43. The number of carbonyl (C=O) groups excluding carboxylic acids is 1. The van der Waals surface area contributed by atoms with Crippen molar-refractivity contribution >= 4 is 23.6 Å². The molecule has 1 saturated heterocycles. The number of hydrogen-bond donors (Lipinski definition) is 1. The van der Waals surface area contributed by atoms with E-state index in [1.807, 2.05) is 18.7 Å². The van der Waals surface area contributed by atoms with Crippen LogP contribution in [0.2, 0.25) is 0 Å². The molecule has 0 radical (unpaired) electrons. The molecule has 1 aliphatic rings. The van der Waals surface area contributed by atoms with E-state index in [9.17, 15) is 9.59 Å². The molecule has 0 saturated carbocycles. The molecule has 0 aromatic carbocycles. The first-order valence-corrected chi connectivity index (χ1v) is 7.77. The van der Waals surface area contributed by atoms with Crippen molar-refractivity contribution < 1.29 is 19.4 Å². The van der Waals surface area contributed by atoms with Crippen LogP contribution in [-0.4, -0.2) is 59.2 Å². The second-order valence-electron chi connectivity index (χ2n) is 4.97. The van der Waals surface area contributed by atoms with Crippen molar-refractivity contribution in [2.75, 3.05) is 32.1 Å². The summed E-state index contributed by atoms with van der Waals surface area (Å²) in [5, 5.41) is 8.67. The Morgan fingerprint density at radius 3 is 2.47 bits per heavy atom. The molecule has 1 aliphatic heterocycles. The van der Waals surface area contributed by atoms with E-state index in [2.05, 4.69) is 0 Å². The zero-order chi connectivity index (χ0) is 14.3. The monoisotopic (exact) mass is 289 g/mol. The van der Waals surface area contributed by atoms with Gasteiger partial charge in [0.15, 0.2) is 0 Å². The molecular weight excluding hydrogens is 266 g/mol. The Bertz CT molecular complexity index is 303. The topological polar surface area (TPSA) is 66.8 Å². The average molecular weight is 289 g/mol. The van der Waals surface area contributed by atoms with Crippen LogP contribution in [-0.2, 0) is 14.3 Å². The number of carboxylic acid groups (broad SMARTS) is 1. The fourth-order valence-corrected chi connectivity index (χ4v) is 3.05. The fraction of sp³-hybridized carbons (Fsp3) is 0.846. The van der Waals surface area contributed by atoms with Gasteiger partial charge in [-0.2, -0.15) is 0 Å². The van der Waals surface area contributed by atoms with Crippen LogP contribution in [0.3, 0.4) is 0 Å². The molecule has 0 aromatic heterocycles. The van der Waals surface area contributed by atoms with Crippen LogP contribution in [0.4, 0.5) is 0 Å². The highest BCUT2D eigenvalue weighted by molar-refractivity contribution is 8.00. The van der Waals surface area contributed by atoms with Crippen LogP contribution < -0.4 is 0 Å². The molecule has 1 atom stereocenters. The Morgan fingerprint density at radius 2 is 1.95 bits per heavy atom. The molecule has 0 aliphatic carbocycles. The van der Waals surface area contributed by atoms with Gasteiger partial charge in [-0.3, -0.25) is 9.59 Å². The van der Waals surface area contributed by atoms with Gasteiger partial charge in [-0.1, -0.05) is 13.8 Å². The second-order valence-corrected chi connectivity index (χ2v) is 6.22. The minimum atomic E-state index is -0.764. The van der Waals surface area contributed by atoms with E-state index in [0.29, 0.717) is 38.5 Å². The lowest BCUT2D eigenvalue weighted by atomic mass is 10.1. The molecule has 0 bridgehead atoms. The summed E-state index contributed by atoms with van der Waals surface area (Å²) in [6.07, 6.45) is 1.23. The van der Waals surface area contributed by atoms with Gasteiger partial charge in [0.25, 0.3) is 0 Å². The van der Waals surface area contributed by atoms with Crippen LogP contribution in [0.15, 0.2) is 0 Å². The lowest BCUT2D eigenvalue weighted by molar-refractivity contribution is -0.137. The maximum atomic E-state index is 11.9. The van der Waals surface area contributed by atoms with E-state index in [1.54, 1.807) is 0 Å². The minimum absolute atomic E-state index is 0.109. The van der Waals surface area contributed by atoms with Crippen molar-refractivity contribution in [3.63, 3.8) is 0 Å². The van der Waals surface area contributed by atoms with Crippen molar-refractivity contribution in [2.24, 2.45) is 5.92 Å². The van der Waals surface area contributed by atoms with Gasteiger partial charge in [-0.05, 0) is 18.1 Å². The molecular formula is C13H23NO4S. The molecule has 1 heterocycles. The molecule has 5 nitrogen and oxygen atoms in total. The summed E-state index contributed by atoms with van der Waals surface area (Å²) in [4.78, 5) is 24.7. The first-order valence-electron chi connectivity index (χ1n) is 6.72. The molecule has 19 heavy (non-hydrogen) atoms. The predicted octanol–water partition coefficient (Wildman–Crippen LogP) is 1.47. The van der Waals surface area contributed by atoms with E-state index < -0.39 is 5.97 Å². The molecule has 0 spiro atoms. The van der Waals surface area contributed by atoms with Crippen molar-refractivity contribution in [2.45, 2.75) is 31.9 Å². The summed E-state index contributed by atoms with van der Waals surface area (Å²) in [6, 6.07) is 0. The molecule has 6 heteroatoms. The van der Waals surface area contributed by atoms with Crippen molar-refractivity contribution in [3.8, 4) is 0 Å². The normalized spacial score (nSPS) is 17.5. The van der Waals surface area contributed by atoms with Crippen LogP contribution in [0, 0.1) is 5.92 Å². The number of thioether (sulfide) groups is 1. The molecule has 0 aromatic rings. The van der Waals surface area contributed by atoms with E-state index >= 15 is 0 Å². The van der Waals surface area contributed by atoms with Crippen LogP contribution in [0.5, 0.6) is 0 Å². The maximum Gasteiger partial charge on any atom is 0.316 e. The highest BCUT2D eigenvalue weighted by Crippen LogP contribution is 2.21. The maximum absolute atomic E-state index is 11.9. The summed E-state index contributed by atoms with van der Waals surface area (Å²) < 4.78 is 5.20. The highest BCUT2D eigenvalue weighted by Gasteiger charge is 2.22. The molecule has 110 valence electrons. The van der Waals surface area contributed by atoms with Gasteiger partial charge in [0.2, 0.25) is 5.91 Å². The van der Waals surface area contributed by atoms with Gasteiger partial charge in [0.1, 0.15) is 5.25 Å². The van der Waals surface area contributed by atoms with Crippen LogP contribution >= 0.6 is 11.8 Å². The number of ether oxygens (including phenoxy) is 1. The number of rotatable bonds is 7. The van der Waals surface area contributed by atoms with Crippen molar-refractivity contribution in [3.05, 3.63) is 0 Å². The Kier molecular flexibility index (Phi) is 7.23. The number of carbonyl (C=O) groups is 2. The van der Waals surface area contributed by atoms with Gasteiger partial charge >= 0.3 is 5.97 Å². The van der Waals surface area contributed by atoms with Gasteiger partial charge in [-0.25, -0.2) is 0 Å². The minimum Gasteiger partial charge on any atom is -0.480 e. The van der Waals surface area contributed by atoms with Gasteiger partial charge < -0.3 is 14.7 Å². The zero-order valence-electron chi connectivity index (χ0n) is 11.6. The number of aliphatic carboxylic acids is 1. The highest BCUT2D eigenvalue weighted by atomic mass is 32.2. The fourth-order valence-electron chi connectivity index (χ4n) is 1.95. The standard InChI is InChI=1S/C13H23NO4S/c1-10(2)12(13(16)17)19-9-3-4-11(15)14-5-7-18-8-6-14/h10,12H,3-9H2,1-2H3,(H,16,17). The summed E-state index contributed by atoms with van der Waals surface area (Å²) in [6.45, 7) is 6.41. The number of morpholine rings is 1. The molecule has 1 amide bonds. The van der Waals surface area contributed by atoms with Gasteiger partial charge in [-0.15, -0.1) is 11.8 Å². The van der Waals surface area contributed by atoms with Gasteiger partial charge in [0.05, 0.1) is 13.2 Å². The number of nitrogens with zero attached hydrogens (tertiary/aromatic N) is 1. The number of amides is 1. The molecule has 1 fully saturated rings. The summed E-state index contributed by atoms with van der Waals surface area (Å²) in [7, 11) is 0. The Balaban J connectivity index is 2.18. The Labute approximate surface area is 118 Å². The van der Waals surface area contributed by atoms with Crippen molar-refractivity contribution in [1.29, 1.82) is 0 Å². The smallest absolute Gasteiger partial charge is 0.316 e. The summed E-state index contributed by atoms with van der Waals surface area (Å²) in [5.41, 5.74) is 0. The van der Waals surface area contributed by atoms with Gasteiger partial charge in [0, 0.05) is 19.5 Å². The lowest BCUT2D eigenvalue weighted by Crippen LogP contribution is -2.40. The average Bonchev–Trinajstić information content (AvgIpc) is 2.38. The molecule has 1 unspecified atom stereocenters. The Hall–Kier alpha value is -0.750. The number of hydrogen-bond acceptors (Lipinski definition) is 4. The summed E-state index contributed by atoms with van der Waals surface area (Å²) in [5.74, 6) is 0.211. The predicted molar refractivity (Wildman–Crippen MR) is 75.4 cm³/mol. The number of carboxylic acids is 1. The van der Waals surface area contributed by atoms with E-state index in [0.717, 1.165) is 6.42 Å². The zero-order valence-corrected chi connectivity index (χ0v) is 12.4. The SMILES string of the molecule is CC(C)C(SCCCC(=O)N1CCOCC1)C(=O)O. The van der Waals surface area contributed by atoms with Crippen molar-refractivity contribution in [1.82, 2.24) is 4.90 Å². The first kappa shape index (κ1) is 16.3. The van der Waals surface area contributed by atoms with Crippen LogP contribution in [0.1, 0.15) is 26.7 Å². The third kappa shape index (κ3) is 5.82. The quantitative estimate of drug-likeness (QED) is 0.719. The molecule has 1 N–H and O–H groups in total. The van der Waals surface area contributed by atoms with Crippen LogP contribution in [0.25, 0.3) is 0 Å². The largest absolute Gasteiger partial charge is 0.480 e. The van der Waals surface area contributed by atoms with E-state index in [4.69, 9.17) is 9.84 Å². The third-order valence-corrected chi connectivity index (χ3v) is 4.67. The van der Waals surface area contributed by atoms with E-state index in [-0.39, 0.29) is 17.1 Å². The lowest BCUT2D eigenvalue weighted by Gasteiger charge is -2.26. The first-order chi connectivity index (χ1) is 9.02. The Morgan fingerprint density at radius 1 is 1.32 bits per heavy atom. The third-order valence-electron chi connectivity index (χ3n) is 3.05. The summed E-state index contributed by atoms with van der Waals surface area (Å²) >= 11 is 1.43. The van der Waals surface area contributed by atoms with E-state index in [1.165, 1.54) is 11.8 Å². The molecule has 1 rings (SSSR count).